The maximum atomic E-state index is 12.6. The molecule has 0 bridgehead atoms. The zero-order valence-corrected chi connectivity index (χ0v) is 15.1. The third-order valence-corrected chi connectivity index (χ3v) is 4.89. The highest BCUT2D eigenvalue weighted by molar-refractivity contribution is 5.91. The molecule has 0 aromatic heterocycles. The summed E-state index contributed by atoms with van der Waals surface area (Å²) in [6.07, 6.45) is 2.03. The van der Waals surface area contributed by atoms with Crippen LogP contribution < -0.4 is 10.1 Å². The first-order chi connectivity index (χ1) is 11.5. The second-order valence-electron chi connectivity index (χ2n) is 6.34. The summed E-state index contributed by atoms with van der Waals surface area (Å²) < 4.78 is 5.37. The summed E-state index contributed by atoms with van der Waals surface area (Å²) in [5.74, 6) is 0.909. The van der Waals surface area contributed by atoms with Crippen molar-refractivity contribution in [1.82, 2.24) is 10.2 Å². The van der Waals surface area contributed by atoms with E-state index in [-0.39, 0.29) is 11.8 Å². The van der Waals surface area contributed by atoms with E-state index in [0.717, 1.165) is 29.7 Å². The molecule has 5 heteroatoms. The van der Waals surface area contributed by atoms with E-state index < -0.39 is 5.41 Å². The van der Waals surface area contributed by atoms with E-state index >= 15 is 0 Å². The molecule has 0 radical (unpaired) electrons. The normalized spacial score (nSPS) is 14.8. The third-order valence-electron chi connectivity index (χ3n) is 4.89. The SMILES string of the molecule is CCN(CC)C(=O)CCNC(=O)C1(c2ccc(C)c(OC)c2)CC1. The lowest BCUT2D eigenvalue weighted by atomic mass is 9.93. The molecule has 1 aromatic rings. The van der Waals surface area contributed by atoms with Gasteiger partial charge in [0.1, 0.15) is 5.75 Å². The Morgan fingerprint density at radius 3 is 2.46 bits per heavy atom. The molecule has 0 aliphatic heterocycles. The van der Waals surface area contributed by atoms with Crippen LogP contribution in [0.25, 0.3) is 0 Å². The minimum atomic E-state index is -0.445. The number of ether oxygens (including phenoxy) is 1. The molecule has 0 spiro atoms. The van der Waals surface area contributed by atoms with Crippen molar-refractivity contribution in [2.24, 2.45) is 0 Å². The number of methoxy groups -OCH3 is 1. The standard InChI is InChI=1S/C19H28N2O3/c1-5-21(6-2)17(22)9-12-20-18(23)19(10-11-19)15-8-7-14(3)16(13-15)24-4/h7-8,13H,5-6,9-12H2,1-4H3,(H,20,23). The van der Waals surface area contributed by atoms with Gasteiger partial charge in [-0.1, -0.05) is 12.1 Å². The molecule has 0 heterocycles. The van der Waals surface area contributed by atoms with Crippen molar-refractivity contribution >= 4 is 11.8 Å². The summed E-state index contributed by atoms with van der Waals surface area (Å²) in [6.45, 7) is 7.71. The molecular weight excluding hydrogens is 304 g/mol. The predicted octanol–water partition coefficient (Wildman–Crippen LogP) is 2.41. The summed E-state index contributed by atoms with van der Waals surface area (Å²) in [4.78, 5) is 26.4. The molecule has 0 saturated heterocycles. The highest BCUT2D eigenvalue weighted by atomic mass is 16.5. The van der Waals surface area contributed by atoms with Gasteiger partial charge < -0.3 is 15.0 Å². The van der Waals surface area contributed by atoms with Crippen LogP contribution in [0.3, 0.4) is 0 Å². The smallest absolute Gasteiger partial charge is 0.230 e. The number of hydrogen-bond donors (Lipinski definition) is 1. The van der Waals surface area contributed by atoms with Gasteiger partial charge in [0.2, 0.25) is 11.8 Å². The van der Waals surface area contributed by atoms with Crippen LogP contribution in [0, 0.1) is 6.92 Å². The monoisotopic (exact) mass is 332 g/mol. The van der Waals surface area contributed by atoms with Gasteiger partial charge in [-0.25, -0.2) is 0 Å². The zero-order chi connectivity index (χ0) is 17.7. The molecule has 2 rings (SSSR count). The molecule has 1 aliphatic rings. The van der Waals surface area contributed by atoms with E-state index in [2.05, 4.69) is 5.32 Å². The summed E-state index contributed by atoms with van der Waals surface area (Å²) in [7, 11) is 1.64. The number of carbonyl (C=O) groups is 2. The summed E-state index contributed by atoms with van der Waals surface area (Å²) >= 11 is 0. The lowest BCUT2D eigenvalue weighted by Crippen LogP contribution is -2.38. The van der Waals surface area contributed by atoms with Gasteiger partial charge in [0.05, 0.1) is 12.5 Å². The van der Waals surface area contributed by atoms with Gasteiger partial charge in [-0.2, -0.15) is 0 Å². The largest absolute Gasteiger partial charge is 0.496 e. The van der Waals surface area contributed by atoms with Gasteiger partial charge in [0, 0.05) is 26.1 Å². The molecule has 2 amide bonds. The molecule has 0 unspecified atom stereocenters. The Labute approximate surface area is 144 Å². The molecule has 5 nitrogen and oxygen atoms in total. The average Bonchev–Trinajstić information content (AvgIpc) is 3.38. The first-order valence-electron chi connectivity index (χ1n) is 8.69. The molecule has 24 heavy (non-hydrogen) atoms. The number of rotatable bonds is 8. The fraction of sp³-hybridized carbons (Fsp3) is 0.579. The number of benzene rings is 1. The lowest BCUT2D eigenvalue weighted by Gasteiger charge is -2.20. The quantitative estimate of drug-likeness (QED) is 0.795. The van der Waals surface area contributed by atoms with Crippen LogP contribution >= 0.6 is 0 Å². The molecule has 1 aliphatic carbocycles. The molecule has 1 saturated carbocycles. The van der Waals surface area contributed by atoms with E-state index in [0.29, 0.717) is 26.1 Å². The van der Waals surface area contributed by atoms with Crippen molar-refractivity contribution in [2.45, 2.75) is 45.4 Å². The van der Waals surface area contributed by atoms with E-state index in [1.54, 1.807) is 12.0 Å². The number of nitrogens with zero attached hydrogens (tertiary/aromatic N) is 1. The topological polar surface area (TPSA) is 58.6 Å². The fourth-order valence-electron chi connectivity index (χ4n) is 3.08. The summed E-state index contributed by atoms with van der Waals surface area (Å²) in [6, 6.07) is 5.96. The fourth-order valence-corrected chi connectivity index (χ4v) is 3.08. The molecule has 0 atom stereocenters. The van der Waals surface area contributed by atoms with Crippen LogP contribution in [0.4, 0.5) is 0 Å². The Bertz CT molecular complexity index is 605. The van der Waals surface area contributed by atoms with E-state index in [9.17, 15) is 9.59 Å². The third kappa shape index (κ3) is 3.71. The Hall–Kier alpha value is -2.04. The van der Waals surface area contributed by atoms with Crippen LogP contribution in [-0.2, 0) is 15.0 Å². The average molecular weight is 332 g/mol. The molecule has 1 aromatic carbocycles. The van der Waals surface area contributed by atoms with Gasteiger partial charge in [0.15, 0.2) is 0 Å². The maximum Gasteiger partial charge on any atom is 0.230 e. The second kappa shape index (κ2) is 7.69. The molecule has 1 fully saturated rings. The van der Waals surface area contributed by atoms with Gasteiger partial charge in [-0.05, 0) is 50.8 Å². The lowest BCUT2D eigenvalue weighted by molar-refractivity contribution is -0.130. The number of amides is 2. The van der Waals surface area contributed by atoms with Crippen molar-refractivity contribution < 1.29 is 14.3 Å². The molecule has 132 valence electrons. The van der Waals surface area contributed by atoms with Crippen molar-refractivity contribution in [3.8, 4) is 5.75 Å². The Balaban J connectivity index is 1.96. The summed E-state index contributed by atoms with van der Waals surface area (Å²) in [5.41, 5.74) is 1.61. The Kier molecular flexibility index (Phi) is 5.86. The van der Waals surface area contributed by atoms with Crippen molar-refractivity contribution in [1.29, 1.82) is 0 Å². The predicted molar refractivity (Wildman–Crippen MR) is 94.2 cm³/mol. The number of nitrogens with one attached hydrogen (secondary N) is 1. The summed E-state index contributed by atoms with van der Waals surface area (Å²) in [5, 5.41) is 2.94. The zero-order valence-electron chi connectivity index (χ0n) is 15.1. The van der Waals surface area contributed by atoms with Crippen molar-refractivity contribution in [3.05, 3.63) is 29.3 Å². The van der Waals surface area contributed by atoms with Gasteiger partial charge in [-0.15, -0.1) is 0 Å². The highest BCUT2D eigenvalue weighted by Gasteiger charge is 2.51. The second-order valence-corrected chi connectivity index (χ2v) is 6.34. The Morgan fingerprint density at radius 1 is 1.25 bits per heavy atom. The van der Waals surface area contributed by atoms with Crippen LogP contribution in [0.15, 0.2) is 18.2 Å². The first-order valence-corrected chi connectivity index (χ1v) is 8.69. The van der Waals surface area contributed by atoms with E-state index in [1.807, 2.05) is 39.0 Å². The minimum Gasteiger partial charge on any atom is -0.496 e. The van der Waals surface area contributed by atoms with Crippen molar-refractivity contribution in [3.63, 3.8) is 0 Å². The van der Waals surface area contributed by atoms with Crippen LogP contribution in [0.1, 0.15) is 44.2 Å². The minimum absolute atomic E-state index is 0.0146. The van der Waals surface area contributed by atoms with Gasteiger partial charge >= 0.3 is 0 Å². The molecular formula is C19H28N2O3. The number of hydrogen-bond acceptors (Lipinski definition) is 3. The van der Waals surface area contributed by atoms with Gasteiger partial charge in [0.25, 0.3) is 0 Å². The highest BCUT2D eigenvalue weighted by Crippen LogP contribution is 2.49. The van der Waals surface area contributed by atoms with Crippen molar-refractivity contribution in [2.75, 3.05) is 26.7 Å². The molecule has 1 N–H and O–H groups in total. The van der Waals surface area contributed by atoms with E-state index in [4.69, 9.17) is 4.74 Å². The van der Waals surface area contributed by atoms with Crippen LogP contribution in [0.2, 0.25) is 0 Å². The van der Waals surface area contributed by atoms with E-state index in [1.165, 1.54) is 0 Å². The number of aryl methyl sites for hydroxylation is 1. The first kappa shape index (κ1) is 18.3. The van der Waals surface area contributed by atoms with Crippen LogP contribution in [-0.4, -0.2) is 43.5 Å². The van der Waals surface area contributed by atoms with Crippen LogP contribution in [0.5, 0.6) is 5.75 Å². The number of carbonyl (C=O) groups excluding carboxylic acids is 2. The van der Waals surface area contributed by atoms with Gasteiger partial charge in [-0.3, -0.25) is 9.59 Å². The Morgan fingerprint density at radius 2 is 1.92 bits per heavy atom. The maximum absolute atomic E-state index is 12.6.